The highest BCUT2D eigenvalue weighted by atomic mass is 16.5. The molecule has 0 aromatic carbocycles. The van der Waals surface area contributed by atoms with Crippen LogP contribution >= 0.6 is 0 Å². The molecule has 0 saturated carbocycles. The molecule has 0 aliphatic rings. The number of ether oxygens (including phenoxy) is 2. The van der Waals surface area contributed by atoms with Crippen molar-refractivity contribution in [2.75, 3.05) is 53.1 Å². The minimum atomic E-state index is 0.538. The monoisotopic (exact) mass is 260 g/mol. The summed E-state index contributed by atoms with van der Waals surface area (Å²) in [4.78, 5) is 2.48. The fourth-order valence-electron chi connectivity index (χ4n) is 2.09. The first kappa shape index (κ1) is 17.8. The topological polar surface area (TPSA) is 33.7 Å². The molecule has 0 bridgehead atoms. The molecule has 0 radical (unpaired) electrons. The Morgan fingerprint density at radius 2 is 1.50 bits per heavy atom. The quantitative estimate of drug-likeness (QED) is 0.541. The highest BCUT2D eigenvalue weighted by Gasteiger charge is 2.20. The predicted octanol–water partition coefficient (Wildman–Crippen LogP) is 1.61. The second-order valence-electron chi connectivity index (χ2n) is 4.80. The number of nitrogens with zero attached hydrogens (tertiary/aromatic N) is 1. The third-order valence-electron chi connectivity index (χ3n) is 3.11. The van der Waals surface area contributed by atoms with Crippen molar-refractivity contribution in [2.45, 2.75) is 33.7 Å². The summed E-state index contributed by atoms with van der Waals surface area (Å²) in [5.41, 5.74) is 0. The van der Waals surface area contributed by atoms with Gasteiger partial charge in [-0.3, -0.25) is 4.90 Å². The molecule has 1 unspecified atom stereocenters. The second kappa shape index (κ2) is 11.9. The average Bonchev–Trinajstić information content (AvgIpc) is 2.34. The third kappa shape index (κ3) is 8.03. The zero-order chi connectivity index (χ0) is 13.8. The molecule has 0 rings (SSSR count). The molecule has 0 heterocycles. The van der Waals surface area contributed by atoms with E-state index in [2.05, 4.69) is 24.1 Å². The Kier molecular flexibility index (Phi) is 11.8. The van der Waals surface area contributed by atoms with Crippen molar-refractivity contribution in [1.82, 2.24) is 10.2 Å². The molecule has 110 valence electrons. The van der Waals surface area contributed by atoms with Crippen molar-refractivity contribution in [3.8, 4) is 0 Å². The van der Waals surface area contributed by atoms with Crippen molar-refractivity contribution in [1.29, 1.82) is 0 Å². The van der Waals surface area contributed by atoms with Gasteiger partial charge >= 0.3 is 0 Å². The van der Waals surface area contributed by atoms with Crippen molar-refractivity contribution >= 4 is 0 Å². The van der Waals surface area contributed by atoms with Crippen molar-refractivity contribution in [3.63, 3.8) is 0 Å². The first-order valence-electron chi connectivity index (χ1n) is 7.21. The van der Waals surface area contributed by atoms with Gasteiger partial charge in [-0.1, -0.05) is 13.8 Å². The van der Waals surface area contributed by atoms with Gasteiger partial charge in [0.2, 0.25) is 0 Å². The maximum absolute atomic E-state index is 5.48. The van der Waals surface area contributed by atoms with Crippen LogP contribution in [0.3, 0.4) is 0 Å². The Morgan fingerprint density at radius 3 is 1.83 bits per heavy atom. The molecule has 1 atom stereocenters. The van der Waals surface area contributed by atoms with Crippen LogP contribution in [0.2, 0.25) is 0 Å². The van der Waals surface area contributed by atoms with E-state index < -0.39 is 0 Å². The maximum atomic E-state index is 5.48. The van der Waals surface area contributed by atoms with Crippen molar-refractivity contribution in [2.24, 2.45) is 5.92 Å². The van der Waals surface area contributed by atoms with Crippen LogP contribution in [0, 0.1) is 5.92 Å². The smallest absolute Gasteiger partial charge is 0.0593 e. The van der Waals surface area contributed by atoms with Gasteiger partial charge in [0.05, 0.1) is 13.2 Å². The summed E-state index contributed by atoms with van der Waals surface area (Å²) in [5.74, 6) is 0.626. The van der Waals surface area contributed by atoms with Gasteiger partial charge in [0, 0.05) is 38.9 Å². The van der Waals surface area contributed by atoms with E-state index in [9.17, 15) is 0 Å². The van der Waals surface area contributed by atoms with E-state index in [1.807, 2.05) is 20.9 Å². The van der Waals surface area contributed by atoms with E-state index in [1.54, 1.807) is 0 Å². The van der Waals surface area contributed by atoms with E-state index in [-0.39, 0.29) is 0 Å². The Bertz CT molecular complexity index is 167. The molecule has 0 saturated heterocycles. The van der Waals surface area contributed by atoms with E-state index in [0.29, 0.717) is 12.0 Å². The minimum Gasteiger partial charge on any atom is -0.380 e. The Balaban J connectivity index is 4.28. The van der Waals surface area contributed by atoms with Crippen LogP contribution in [0.1, 0.15) is 27.7 Å². The predicted molar refractivity (Wildman–Crippen MR) is 77.1 cm³/mol. The molecule has 4 heteroatoms. The normalized spacial score (nSPS) is 13.5. The Hall–Kier alpha value is -0.160. The summed E-state index contributed by atoms with van der Waals surface area (Å²) in [6, 6.07) is 0.538. The SMILES string of the molecule is CCOCCN(CCOCC)C(CNC)C(C)C. The summed E-state index contributed by atoms with van der Waals surface area (Å²) >= 11 is 0. The van der Waals surface area contributed by atoms with Gasteiger partial charge in [-0.2, -0.15) is 0 Å². The minimum absolute atomic E-state index is 0.538. The highest BCUT2D eigenvalue weighted by molar-refractivity contribution is 4.76. The summed E-state index contributed by atoms with van der Waals surface area (Å²) in [6.07, 6.45) is 0. The molecule has 1 N–H and O–H groups in total. The van der Waals surface area contributed by atoms with Crippen LogP contribution in [0.5, 0.6) is 0 Å². The van der Waals surface area contributed by atoms with Crippen molar-refractivity contribution < 1.29 is 9.47 Å². The number of likely N-dealkylation sites (N-methyl/N-ethyl adjacent to an activating group) is 1. The number of nitrogens with one attached hydrogen (secondary N) is 1. The lowest BCUT2D eigenvalue weighted by Gasteiger charge is -2.34. The fourth-order valence-corrected chi connectivity index (χ4v) is 2.09. The molecule has 0 aliphatic heterocycles. The van der Waals surface area contributed by atoms with Gasteiger partial charge in [0.25, 0.3) is 0 Å². The summed E-state index contributed by atoms with van der Waals surface area (Å²) in [5, 5.41) is 3.29. The van der Waals surface area contributed by atoms with E-state index in [0.717, 1.165) is 46.1 Å². The van der Waals surface area contributed by atoms with Crippen LogP contribution in [-0.2, 0) is 9.47 Å². The number of hydrogen-bond donors (Lipinski definition) is 1. The van der Waals surface area contributed by atoms with Crippen LogP contribution in [0.4, 0.5) is 0 Å². The van der Waals surface area contributed by atoms with Gasteiger partial charge in [-0.25, -0.2) is 0 Å². The Morgan fingerprint density at radius 1 is 1.00 bits per heavy atom. The summed E-state index contributed by atoms with van der Waals surface area (Å²) in [6.45, 7) is 14.8. The van der Waals surface area contributed by atoms with E-state index >= 15 is 0 Å². The molecule has 0 amide bonds. The first-order valence-corrected chi connectivity index (χ1v) is 7.21. The molecule has 18 heavy (non-hydrogen) atoms. The fraction of sp³-hybridized carbons (Fsp3) is 1.00. The van der Waals surface area contributed by atoms with Gasteiger partial charge in [-0.05, 0) is 26.8 Å². The van der Waals surface area contributed by atoms with Crippen LogP contribution in [0.15, 0.2) is 0 Å². The molecule has 4 nitrogen and oxygen atoms in total. The molecule has 0 aliphatic carbocycles. The average molecular weight is 260 g/mol. The maximum Gasteiger partial charge on any atom is 0.0593 e. The molecular weight excluding hydrogens is 228 g/mol. The molecule has 0 aromatic rings. The lowest BCUT2D eigenvalue weighted by atomic mass is 10.0. The van der Waals surface area contributed by atoms with Crippen LogP contribution in [0.25, 0.3) is 0 Å². The molecule has 0 aromatic heterocycles. The van der Waals surface area contributed by atoms with E-state index in [1.165, 1.54) is 0 Å². The van der Waals surface area contributed by atoms with Gasteiger partial charge in [-0.15, -0.1) is 0 Å². The van der Waals surface area contributed by atoms with Gasteiger partial charge in [0.15, 0.2) is 0 Å². The zero-order valence-corrected chi connectivity index (χ0v) is 12.9. The first-order chi connectivity index (χ1) is 8.67. The zero-order valence-electron chi connectivity index (χ0n) is 12.9. The van der Waals surface area contributed by atoms with Crippen molar-refractivity contribution in [3.05, 3.63) is 0 Å². The highest BCUT2D eigenvalue weighted by Crippen LogP contribution is 2.10. The van der Waals surface area contributed by atoms with Gasteiger partial charge < -0.3 is 14.8 Å². The largest absolute Gasteiger partial charge is 0.380 e. The second-order valence-corrected chi connectivity index (χ2v) is 4.80. The lowest BCUT2D eigenvalue weighted by molar-refractivity contribution is 0.0514. The van der Waals surface area contributed by atoms with Crippen LogP contribution < -0.4 is 5.32 Å². The summed E-state index contributed by atoms with van der Waals surface area (Å²) < 4.78 is 11.0. The summed E-state index contributed by atoms with van der Waals surface area (Å²) in [7, 11) is 2.01. The molecular formula is C14H32N2O2. The standard InChI is InChI=1S/C14H32N2O2/c1-6-17-10-8-16(9-11-18-7-2)14(12-15-5)13(3)4/h13-15H,6-12H2,1-5H3. The molecule has 0 fully saturated rings. The lowest BCUT2D eigenvalue weighted by Crippen LogP contribution is -2.47. The Labute approximate surface area is 113 Å². The van der Waals surface area contributed by atoms with Gasteiger partial charge in [0.1, 0.15) is 0 Å². The molecule has 0 spiro atoms. The van der Waals surface area contributed by atoms with E-state index in [4.69, 9.17) is 9.47 Å². The third-order valence-corrected chi connectivity index (χ3v) is 3.11. The number of rotatable bonds is 12. The number of hydrogen-bond acceptors (Lipinski definition) is 4. The van der Waals surface area contributed by atoms with Crippen LogP contribution in [-0.4, -0.2) is 64.1 Å².